The molecule has 0 spiro atoms. The highest BCUT2D eigenvalue weighted by Crippen LogP contribution is 2.33. The van der Waals surface area contributed by atoms with Crippen LogP contribution in [0.3, 0.4) is 0 Å². The Bertz CT molecular complexity index is 1600. The largest absolute Gasteiger partial charge is 0.489 e. The normalized spacial score (nSPS) is 17.6. The van der Waals surface area contributed by atoms with E-state index in [2.05, 4.69) is 15.0 Å². The molecule has 1 aromatic heterocycles. The zero-order chi connectivity index (χ0) is 32.8. The fraction of sp³-hybridized carbons (Fsp3) is 0.367. The topological polar surface area (TPSA) is 122 Å². The molecule has 4 rings (SSSR count). The van der Waals surface area contributed by atoms with Crippen LogP contribution in [0.4, 0.5) is 27.6 Å². The van der Waals surface area contributed by atoms with Crippen LogP contribution in [0.25, 0.3) is 0 Å². The van der Waals surface area contributed by atoms with Gasteiger partial charge in [-0.25, -0.2) is 8.42 Å². The molecule has 1 fully saturated rings. The number of nitrogens with one attached hydrogen (secondary N) is 1. The Kier molecular flexibility index (Phi) is 10.6. The van der Waals surface area contributed by atoms with Gasteiger partial charge in [0.25, 0.3) is 5.91 Å². The minimum atomic E-state index is -4.50. The number of alkyl halides is 5. The van der Waals surface area contributed by atoms with Gasteiger partial charge >= 0.3 is 12.8 Å². The third-order valence-electron chi connectivity index (χ3n) is 7.19. The lowest BCUT2D eigenvalue weighted by molar-refractivity contribution is -0.137. The van der Waals surface area contributed by atoms with Crippen LogP contribution in [0.1, 0.15) is 47.4 Å². The van der Waals surface area contributed by atoms with E-state index in [1.165, 1.54) is 49.5 Å². The van der Waals surface area contributed by atoms with E-state index < -0.39 is 52.3 Å². The van der Waals surface area contributed by atoms with Crippen molar-refractivity contribution in [1.82, 2.24) is 10.3 Å². The molecular formula is C30H29F5N4O5S. The maximum atomic E-state index is 13.0. The summed E-state index contributed by atoms with van der Waals surface area (Å²) >= 11 is 0. The van der Waals surface area contributed by atoms with Crippen LogP contribution in [-0.4, -0.2) is 57.0 Å². The van der Waals surface area contributed by atoms with E-state index in [-0.39, 0.29) is 48.0 Å². The third kappa shape index (κ3) is 8.67. The highest BCUT2D eigenvalue weighted by molar-refractivity contribution is 7.91. The standard InChI is InChI=1S/C30H29F5N4O5S/c1-2-45(41,42)25-11-12-26(37-16-25)27(13-14-36)38-28(40)19-3-7-21(8-4-19)39-17-24(15-22(39)18-43-29(31)32)44-23-9-5-20(6-10-23)30(33,34)35/h3-12,16,22,24,27,29H,2,13,15,17-18H2,1H3,(H,38,40)/t22-,24+,27-/m0/s1. The van der Waals surface area contributed by atoms with Crippen molar-refractivity contribution in [1.29, 1.82) is 5.26 Å². The van der Waals surface area contributed by atoms with Gasteiger partial charge < -0.3 is 19.7 Å². The molecule has 1 aliphatic rings. The number of aromatic nitrogens is 1. The maximum Gasteiger partial charge on any atom is 0.416 e. The zero-order valence-corrected chi connectivity index (χ0v) is 24.7. The summed E-state index contributed by atoms with van der Waals surface area (Å²) in [6, 6.07) is 13.8. The Balaban J connectivity index is 1.46. The molecule has 0 bridgehead atoms. The van der Waals surface area contributed by atoms with Gasteiger partial charge in [0.05, 0.1) is 59.6 Å². The van der Waals surface area contributed by atoms with Crippen LogP contribution in [0.15, 0.2) is 71.8 Å². The summed E-state index contributed by atoms with van der Waals surface area (Å²) in [5.74, 6) is -0.443. The Labute approximate surface area is 256 Å². The number of benzene rings is 2. The SMILES string of the molecule is CCS(=O)(=O)c1ccc([C@H](CC#N)NC(=O)c2ccc(N3C[C@H](Oc4ccc(C(F)(F)F)cc4)C[C@H]3COC(F)F)cc2)nc1. The highest BCUT2D eigenvalue weighted by atomic mass is 32.2. The first-order valence-electron chi connectivity index (χ1n) is 13.8. The van der Waals surface area contributed by atoms with E-state index in [9.17, 15) is 40.4 Å². The lowest BCUT2D eigenvalue weighted by Crippen LogP contribution is -2.34. The number of anilines is 1. The van der Waals surface area contributed by atoms with E-state index in [0.717, 1.165) is 12.1 Å². The van der Waals surface area contributed by atoms with Gasteiger partial charge in [-0.2, -0.15) is 27.2 Å². The molecule has 240 valence electrons. The molecule has 1 amide bonds. The summed E-state index contributed by atoms with van der Waals surface area (Å²) in [5, 5.41) is 12.0. The monoisotopic (exact) mass is 652 g/mol. The summed E-state index contributed by atoms with van der Waals surface area (Å²) in [7, 11) is -3.48. The molecule has 1 aliphatic heterocycles. The molecule has 0 saturated carbocycles. The van der Waals surface area contributed by atoms with Crippen LogP contribution in [-0.2, 0) is 20.8 Å². The van der Waals surface area contributed by atoms with Gasteiger partial charge in [0.2, 0.25) is 0 Å². The molecule has 2 heterocycles. The van der Waals surface area contributed by atoms with Gasteiger partial charge in [-0.1, -0.05) is 6.92 Å². The summed E-state index contributed by atoms with van der Waals surface area (Å²) in [6.07, 6.45) is -3.75. The van der Waals surface area contributed by atoms with E-state index >= 15 is 0 Å². The van der Waals surface area contributed by atoms with Gasteiger partial charge in [-0.3, -0.25) is 9.78 Å². The van der Waals surface area contributed by atoms with Crippen LogP contribution >= 0.6 is 0 Å². The summed E-state index contributed by atoms with van der Waals surface area (Å²) < 4.78 is 98.9. The second-order valence-electron chi connectivity index (χ2n) is 10.2. The number of carbonyl (C=O) groups excluding carboxylic acids is 1. The number of amides is 1. The number of nitrogens with zero attached hydrogens (tertiary/aromatic N) is 3. The number of pyridine rings is 1. The van der Waals surface area contributed by atoms with Gasteiger partial charge in [-0.05, 0) is 60.7 Å². The fourth-order valence-corrected chi connectivity index (χ4v) is 5.67. The Morgan fingerprint density at radius 2 is 1.80 bits per heavy atom. The molecule has 2 aromatic carbocycles. The second kappa shape index (κ2) is 14.2. The lowest BCUT2D eigenvalue weighted by atomic mass is 10.1. The van der Waals surface area contributed by atoms with Crippen molar-refractivity contribution in [3.63, 3.8) is 0 Å². The Morgan fingerprint density at radius 3 is 2.36 bits per heavy atom. The predicted octanol–water partition coefficient (Wildman–Crippen LogP) is 5.54. The number of hydrogen-bond donors (Lipinski definition) is 1. The Morgan fingerprint density at radius 1 is 1.11 bits per heavy atom. The number of nitriles is 1. The third-order valence-corrected chi connectivity index (χ3v) is 8.91. The van der Waals surface area contributed by atoms with E-state index in [1.807, 2.05) is 6.07 Å². The lowest BCUT2D eigenvalue weighted by Gasteiger charge is -2.26. The number of rotatable bonds is 12. The molecular weight excluding hydrogens is 623 g/mol. The fourth-order valence-electron chi connectivity index (χ4n) is 4.85. The zero-order valence-electron chi connectivity index (χ0n) is 23.9. The first-order chi connectivity index (χ1) is 21.3. The minimum absolute atomic E-state index is 0.0255. The first-order valence-corrected chi connectivity index (χ1v) is 15.4. The van der Waals surface area contributed by atoms with Crippen molar-refractivity contribution in [2.24, 2.45) is 0 Å². The van der Waals surface area contributed by atoms with Crippen LogP contribution in [0.2, 0.25) is 0 Å². The molecule has 0 radical (unpaired) electrons. The van der Waals surface area contributed by atoms with E-state index in [0.29, 0.717) is 11.4 Å². The maximum absolute atomic E-state index is 13.0. The average molecular weight is 653 g/mol. The average Bonchev–Trinajstić information content (AvgIpc) is 3.42. The first kappa shape index (κ1) is 33.6. The molecule has 1 N–H and O–H groups in total. The number of halogens is 5. The molecule has 45 heavy (non-hydrogen) atoms. The van der Waals surface area contributed by atoms with Gasteiger partial charge in [0.15, 0.2) is 9.84 Å². The number of hydrogen-bond acceptors (Lipinski definition) is 8. The van der Waals surface area contributed by atoms with Gasteiger partial charge in [-0.15, -0.1) is 0 Å². The quantitative estimate of drug-likeness (QED) is 0.253. The van der Waals surface area contributed by atoms with Crippen molar-refractivity contribution >= 4 is 21.4 Å². The van der Waals surface area contributed by atoms with Crippen molar-refractivity contribution in [2.45, 2.75) is 55.6 Å². The molecule has 0 unspecified atom stereocenters. The van der Waals surface area contributed by atoms with Gasteiger partial charge in [0.1, 0.15) is 11.9 Å². The molecule has 0 aliphatic carbocycles. The van der Waals surface area contributed by atoms with E-state index in [4.69, 9.17) is 4.74 Å². The van der Waals surface area contributed by atoms with Crippen molar-refractivity contribution < 1.29 is 44.6 Å². The minimum Gasteiger partial charge on any atom is -0.489 e. The molecule has 3 aromatic rings. The second-order valence-corrected chi connectivity index (χ2v) is 12.4. The van der Waals surface area contributed by atoms with Crippen molar-refractivity contribution in [2.75, 3.05) is 23.8 Å². The number of carbonyl (C=O) groups is 1. The van der Waals surface area contributed by atoms with E-state index in [1.54, 1.807) is 17.0 Å². The Hall–Kier alpha value is -4.29. The van der Waals surface area contributed by atoms with Crippen LogP contribution < -0.4 is 15.0 Å². The molecule has 15 heteroatoms. The van der Waals surface area contributed by atoms with Crippen molar-refractivity contribution in [3.05, 3.63) is 83.7 Å². The van der Waals surface area contributed by atoms with Crippen LogP contribution in [0.5, 0.6) is 5.75 Å². The van der Waals surface area contributed by atoms with Gasteiger partial charge in [0, 0.05) is 23.9 Å². The highest BCUT2D eigenvalue weighted by Gasteiger charge is 2.35. The summed E-state index contributed by atoms with van der Waals surface area (Å²) in [5.41, 5.74) is 0.264. The molecule has 1 saturated heterocycles. The molecule has 3 atom stereocenters. The molecule has 9 nitrogen and oxygen atoms in total. The number of sulfone groups is 1. The van der Waals surface area contributed by atoms with Crippen LogP contribution in [0, 0.1) is 11.3 Å². The summed E-state index contributed by atoms with van der Waals surface area (Å²) in [4.78, 5) is 19.0. The van der Waals surface area contributed by atoms with Crippen molar-refractivity contribution in [3.8, 4) is 11.8 Å². The number of ether oxygens (including phenoxy) is 2. The predicted molar refractivity (Wildman–Crippen MR) is 152 cm³/mol. The smallest absolute Gasteiger partial charge is 0.416 e. The summed E-state index contributed by atoms with van der Waals surface area (Å²) in [6.45, 7) is -1.63.